The van der Waals surface area contributed by atoms with Crippen molar-refractivity contribution >= 4 is 58.4 Å². The molecule has 2 amide bonds. The van der Waals surface area contributed by atoms with E-state index in [-0.39, 0.29) is 5.56 Å². The minimum atomic E-state index is -1.57. The van der Waals surface area contributed by atoms with Gasteiger partial charge in [0.05, 0.1) is 11.1 Å². The highest BCUT2D eigenvalue weighted by Crippen LogP contribution is 2.45. The first-order valence-electron chi connectivity index (χ1n) is 4.13. The molecule has 0 radical (unpaired) electrons. The van der Waals surface area contributed by atoms with Crippen LogP contribution in [0, 0.1) is 0 Å². The molecule has 0 aliphatic carbocycles. The second-order valence-electron chi connectivity index (χ2n) is 3.01. The Bertz CT molecular complexity index is 484. The van der Waals surface area contributed by atoms with Gasteiger partial charge in [-0.25, -0.2) is 0 Å². The molecule has 3 nitrogen and oxygen atoms in total. The minimum absolute atomic E-state index is 0.267. The van der Waals surface area contributed by atoms with Gasteiger partial charge in [-0.15, -0.1) is 0 Å². The molecule has 1 N–H and O–H groups in total. The molecule has 2 rings (SSSR count). The Hall–Kier alpha value is -0.420. The number of alkyl halides is 3. The number of nitrogens with one attached hydrogen (secondary N) is 1. The number of thioether (sulfide) groups is 1. The number of carbonyl (C=O) groups is 2. The predicted octanol–water partition coefficient (Wildman–Crippen LogP) is 2.99. The molecule has 7 heteroatoms. The van der Waals surface area contributed by atoms with Gasteiger partial charge in [0.1, 0.15) is 0 Å². The Morgan fingerprint density at radius 2 is 1.81 bits per heavy atom. The fraction of sp³-hybridized carbons (Fsp3) is 0.111. The SMILES string of the molecule is O=C1NC(=O)c2c(SC(Cl)(Cl)Cl)cccc21. The largest absolute Gasteiger partial charge is 0.288 e. The highest BCUT2D eigenvalue weighted by atomic mass is 35.6. The molecular formula is C9H4Cl3NO2S. The number of hydrogen-bond donors (Lipinski definition) is 1. The van der Waals surface area contributed by atoms with E-state index in [1.165, 1.54) is 0 Å². The lowest BCUT2D eigenvalue weighted by molar-refractivity contribution is 0.0879. The Balaban J connectivity index is 2.50. The average Bonchev–Trinajstić information content (AvgIpc) is 2.41. The summed E-state index contributed by atoms with van der Waals surface area (Å²) < 4.78 is -1.57. The average molecular weight is 297 g/mol. The maximum absolute atomic E-state index is 11.5. The Morgan fingerprint density at radius 1 is 1.12 bits per heavy atom. The van der Waals surface area contributed by atoms with E-state index in [0.717, 1.165) is 11.8 Å². The van der Waals surface area contributed by atoms with Crippen molar-refractivity contribution in [1.82, 2.24) is 5.32 Å². The van der Waals surface area contributed by atoms with E-state index in [9.17, 15) is 9.59 Å². The van der Waals surface area contributed by atoms with Crippen molar-refractivity contribution in [2.24, 2.45) is 0 Å². The van der Waals surface area contributed by atoms with Gasteiger partial charge < -0.3 is 0 Å². The Kier molecular flexibility index (Phi) is 3.09. The third-order valence-electron chi connectivity index (χ3n) is 1.95. The van der Waals surface area contributed by atoms with Gasteiger partial charge in [0.15, 0.2) is 0 Å². The van der Waals surface area contributed by atoms with Gasteiger partial charge in [-0.2, -0.15) is 0 Å². The Labute approximate surface area is 110 Å². The van der Waals surface area contributed by atoms with Crippen LogP contribution in [0.3, 0.4) is 0 Å². The molecule has 1 aliphatic rings. The van der Waals surface area contributed by atoms with Crippen molar-refractivity contribution in [2.45, 2.75) is 8.02 Å². The zero-order chi connectivity index (χ0) is 11.9. The zero-order valence-electron chi connectivity index (χ0n) is 7.59. The summed E-state index contributed by atoms with van der Waals surface area (Å²) in [5, 5.41) is 2.19. The van der Waals surface area contributed by atoms with Crippen LogP contribution in [0.1, 0.15) is 20.7 Å². The van der Waals surface area contributed by atoms with E-state index in [2.05, 4.69) is 5.32 Å². The first-order chi connectivity index (χ1) is 7.38. The molecule has 1 aliphatic heterocycles. The van der Waals surface area contributed by atoms with Crippen molar-refractivity contribution < 1.29 is 9.59 Å². The highest BCUT2D eigenvalue weighted by molar-refractivity contribution is 8.04. The van der Waals surface area contributed by atoms with Crippen LogP contribution in [0.4, 0.5) is 0 Å². The van der Waals surface area contributed by atoms with Gasteiger partial charge in [-0.3, -0.25) is 14.9 Å². The quantitative estimate of drug-likeness (QED) is 0.492. The summed E-state index contributed by atoms with van der Waals surface area (Å²) >= 11 is 17.8. The number of rotatable bonds is 1. The first-order valence-corrected chi connectivity index (χ1v) is 6.08. The van der Waals surface area contributed by atoms with Crippen LogP contribution in [0.2, 0.25) is 0 Å². The fourth-order valence-corrected chi connectivity index (χ4v) is 2.85. The molecule has 0 unspecified atom stereocenters. The summed E-state index contributed by atoms with van der Waals surface area (Å²) in [7, 11) is 0. The van der Waals surface area contributed by atoms with Crippen molar-refractivity contribution in [3.05, 3.63) is 29.3 Å². The van der Waals surface area contributed by atoms with E-state index in [1.807, 2.05) is 0 Å². The number of benzene rings is 1. The molecule has 0 aromatic heterocycles. The van der Waals surface area contributed by atoms with Crippen molar-refractivity contribution in [3.63, 3.8) is 0 Å². The van der Waals surface area contributed by atoms with Crippen LogP contribution in [0.5, 0.6) is 0 Å². The molecule has 84 valence electrons. The molecule has 0 fully saturated rings. The number of halogens is 3. The molecule has 0 saturated carbocycles. The normalized spacial score (nSPS) is 14.9. The summed E-state index contributed by atoms with van der Waals surface area (Å²) in [6.07, 6.45) is 0. The Morgan fingerprint density at radius 3 is 2.44 bits per heavy atom. The molecule has 0 atom stereocenters. The molecule has 16 heavy (non-hydrogen) atoms. The van der Waals surface area contributed by atoms with Gasteiger partial charge in [0.2, 0.25) is 3.12 Å². The third kappa shape index (κ3) is 2.30. The van der Waals surface area contributed by atoms with Gasteiger partial charge in [-0.1, -0.05) is 52.6 Å². The minimum Gasteiger partial charge on any atom is -0.288 e. The van der Waals surface area contributed by atoms with Crippen molar-refractivity contribution in [1.29, 1.82) is 0 Å². The van der Waals surface area contributed by atoms with Gasteiger partial charge in [0.25, 0.3) is 11.8 Å². The maximum Gasteiger partial charge on any atom is 0.260 e. The maximum atomic E-state index is 11.5. The van der Waals surface area contributed by atoms with Crippen LogP contribution in [-0.2, 0) is 0 Å². The van der Waals surface area contributed by atoms with Crippen LogP contribution in [0.15, 0.2) is 23.1 Å². The summed E-state index contributed by atoms with van der Waals surface area (Å²) in [5.41, 5.74) is 0.577. The summed E-state index contributed by atoms with van der Waals surface area (Å²) in [5.74, 6) is -0.885. The van der Waals surface area contributed by atoms with E-state index in [1.54, 1.807) is 18.2 Å². The second-order valence-corrected chi connectivity index (χ2v) is 7.22. The number of amides is 2. The number of imide groups is 1. The van der Waals surface area contributed by atoms with Crippen LogP contribution in [0.25, 0.3) is 0 Å². The van der Waals surface area contributed by atoms with Gasteiger partial charge in [-0.05, 0) is 12.1 Å². The van der Waals surface area contributed by atoms with E-state index in [0.29, 0.717) is 10.5 Å². The summed E-state index contributed by atoms with van der Waals surface area (Å²) in [4.78, 5) is 23.3. The van der Waals surface area contributed by atoms with Crippen LogP contribution in [-0.4, -0.2) is 14.9 Å². The van der Waals surface area contributed by atoms with E-state index in [4.69, 9.17) is 34.8 Å². The fourth-order valence-electron chi connectivity index (χ4n) is 1.40. The molecular weight excluding hydrogens is 293 g/mol. The topological polar surface area (TPSA) is 46.2 Å². The second kappa shape index (κ2) is 4.11. The van der Waals surface area contributed by atoms with Gasteiger partial charge >= 0.3 is 0 Å². The molecule has 0 saturated heterocycles. The van der Waals surface area contributed by atoms with E-state index >= 15 is 0 Å². The predicted molar refractivity (Wildman–Crippen MR) is 64.4 cm³/mol. The summed E-state index contributed by atoms with van der Waals surface area (Å²) in [6, 6.07) is 4.82. The molecule has 0 bridgehead atoms. The number of fused-ring (bicyclic) bond motifs is 1. The smallest absolute Gasteiger partial charge is 0.260 e. The lowest BCUT2D eigenvalue weighted by atomic mass is 10.1. The van der Waals surface area contributed by atoms with Crippen LogP contribution < -0.4 is 5.32 Å². The lowest BCUT2D eigenvalue weighted by Crippen LogP contribution is -2.20. The van der Waals surface area contributed by atoms with E-state index < -0.39 is 14.9 Å². The highest BCUT2D eigenvalue weighted by Gasteiger charge is 2.32. The van der Waals surface area contributed by atoms with Crippen LogP contribution >= 0.6 is 46.6 Å². The number of carbonyl (C=O) groups excluding carboxylic acids is 2. The van der Waals surface area contributed by atoms with Crippen molar-refractivity contribution in [2.75, 3.05) is 0 Å². The standard InChI is InChI=1S/C9H4Cl3NO2S/c10-9(11,12)16-5-3-1-2-4-6(5)8(15)13-7(4)14/h1-3H,(H,13,14,15). The molecule has 1 aromatic rings. The number of hydrogen-bond acceptors (Lipinski definition) is 3. The lowest BCUT2D eigenvalue weighted by Gasteiger charge is -2.11. The zero-order valence-corrected chi connectivity index (χ0v) is 10.7. The molecule has 1 aromatic carbocycles. The van der Waals surface area contributed by atoms with Crippen molar-refractivity contribution in [3.8, 4) is 0 Å². The third-order valence-corrected chi connectivity index (χ3v) is 3.44. The monoisotopic (exact) mass is 295 g/mol. The first kappa shape index (κ1) is 12.0. The molecule has 0 spiro atoms. The summed E-state index contributed by atoms with van der Waals surface area (Å²) in [6.45, 7) is 0. The molecule has 1 heterocycles. The van der Waals surface area contributed by atoms with Gasteiger partial charge in [0, 0.05) is 4.90 Å².